The van der Waals surface area contributed by atoms with Crippen LogP contribution in [0.5, 0.6) is 0 Å². The molecule has 7 heteroatoms. The molecule has 1 aliphatic heterocycles. The molecule has 25 heavy (non-hydrogen) atoms. The van der Waals surface area contributed by atoms with Crippen LogP contribution in [0.1, 0.15) is 18.3 Å². The number of nitrogens with one attached hydrogen (secondary N) is 1. The molecule has 2 atom stereocenters. The minimum absolute atomic E-state index is 0.187. The summed E-state index contributed by atoms with van der Waals surface area (Å²) in [6, 6.07) is 9.83. The van der Waals surface area contributed by atoms with Gasteiger partial charge in [0.2, 0.25) is 0 Å². The molecule has 0 aliphatic carbocycles. The summed E-state index contributed by atoms with van der Waals surface area (Å²) in [5.41, 5.74) is 1.80. The van der Waals surface area contributed by atoms with Gasteiger partial charge in [-0.15, -0.1) is 0 Å². The number of nitrogens with zero attached hydrogens (tertiary/aromatic N) is 2. The second-order valence-electron chi connectivity index (χ2n) is 6.45. The van der Waals surface area contributed by atoms with Crippen molar-refractivity contribution in [2.75, 3.05) is 20.3 Å². The van der Waals surface area contributed by atoms with Crippen LogP contribution in [0.4, 0.5) is 4.79 Å². The number of amides is 1. The number of H-pyrrole nitrogens is 1. The second kappa shape index (κ2) is 6.31. The van der Waals surface area contributed by atoms with Gasteiger partial charge in [0.05, 0.1) is 23.7 Å². The van der Waals surface area contributed by atoms with E-state index in [2.05, 4.69) is 32.0 Å². The molecule has 2 aromatic carbocycles. The van der Waals surface area contributed by atoms with Gasteiger partial charge in [0.1, 0.15) is 5.82 Å². The van der Waals surface area contributed by atoms with Crippen LogP contribution in [-0.4, -0.2) is 46.3 Å². The van der Waals surface area contributed by atoms with E-state index in [1.165, 1.54) is 4.90 Å². The first-order chi connectivity index (χ1) is 12.1. The third kappa shape index (κ3) is 2.87. The maximum absolute atomic E-state index is 11.6. The summed E-state index contributed by atoms with van der Waals surface area (Å²) in [7, 11) is 1.64. The number of hydrogen-bond acceptors (Lipinski definition) is 3. The molecule has 4 rings (SSSR count). The molecule has 1 aromatic heterocycles. The van der Waals surface area contributed by atoms with Gasteiger partial charge in [0, 0.05) is 29.4 Å². The van der Waals surface area contributed by atoms with Crippen LogP contribution in [0.25, 0.3) is 21.8 Å². The standard InChI is InChI=1S/C18H18BrN3O3/c1-25-9-10-6-15(22(8-10)18(23)24)17-20-14-5-2-11-7-12(19)3-4-13(11)16(14)21-17/h2-5,7,10,15H,6,8-9H2,1H3,(H,20,21)(H,23,24). The van der Waals surface area contributed by atoms with Crippen molar-refractivity contribution in [2.45, 2.75) is 12.5 Å². The Hall–Kier alpha value is -2.12. The Morgan fingerprint density at radius 1 is 1.44 bits per heavy atom. The SMILES string of the molecule is COCC1CC(c2nc3ccc4cc(Br)ccc4c3[nH]2)N(C(=O)O)C1. The molecule has 0 radical (unpaired) electrons. The van der Waals surface area contributed by atoms with Gasteiger partial charge in [-0.2, -0.15) is 0 Å². The monoisotopic (exact) mass is 403 g/mol. The van der Waals surface area contributed by atoms with E-state index in [4.69, 9.17) is 4.74 Å². The number of rotatable bonds is 3. The van der Waals surface area contributed by atoms with Crippen molar-refractivity contribution in [1.82, 2.24) is 14.9 Å². The summed E-state index contributed by atoms with van der Waals surface area (Å²) in [4.78, 5) is 21.2. The zero-order valence-corrected chi connectivity index (χ0v) is 15.3. The van der Waals surface area contributed by atoms with Gasteiger partial charge in [-0.25, -0.2) is 9.78 Å². The van der Waals surface area contributed by atoms with Crippen molar-refractivity contribution < 1.29 is 14.6 Å². The Morgan fingerprint density at radius 3 is 3.04 bits per heavy atom. The first kappa shape index (κ1) is 16.4. The van der Waals surface area contributed by atoms with Gasteiger partial charge in [-0.3, -0.25) is 4.90 Å². The van der Waals surface area contributed by atoms with Gasteiger partial charge < -0.3 is 14.8 Å². The maximum Gasteiger partial charge on any atom is 0.407 e. The molecule has 3 aromatic rings. The van der Waals surface area contributed by atoms with Crippen molar-refractivity contribution in [3.63, 3.8) is 0 Å². The van der Waals surface area contributed by atoms with Gasteiger partial charge in [-0.1, -0.05) is 28.1 Å². The van der Waals surface area contributed by atoms with Crippen LogP contribution in [0.2, 0.25) is 0 Å². The highest BCUT2D eigenvalue weighted by atomic mass is 79.9. The average molecular weight is 404 g/mol. The summed E-state index contributed by atoms with van der Waals surface area (Å²) in [6.45, 7) is 1.02. The average Bonchev–Trinajstić information content (AvgIpc) is 3.18. The van der Waals surface area contributed by atoms with Crippen molar-refractivity contribution in [3.05, 3.63) is 40.6 Å². The first-order valence-electron chi connectivity index (χ1n) is 8.13. The normalized spacial score (nSPS) is 20.6. The number of benzene rings is 2. The molecule has 0 bridgehead atoms. The van der Waals surface area contributed by atoms with Crippen molar-refractivity contribution in [1.29, 1.82) is 0 Å². The number of aromatic amines is 1. The number of halogens is 1. The lowest BCUT2D eigenvalue weighted by atomic mass is 10.1. The van der Waals surface area contributed by atoms with Crippen LogP contribution in [0.3, 0.4) is 0 Å². The fraction of sp³-hybridized carbons (Fsp3) is 0.333. The van der Waals surface area contributed by atoms with Crippen LogP contribution in [-0.2, 0) is 4.74 Å². The molecule has 1 aliphatic rings. The summed E-state index contributed by atoms with van der Waals surface area (Å²) < 4.78 is 6.23. The van der Waals surface area contributed by atoms with E-state index < -0.39 is 6.09 Å². The molecule has 0 spiro atoms. The third-order valence-electron chi connectivity index (χ3n) is 4.81. The minimum atomic E-state index is -0.919. The molecule has 130 valence electrons. The second-order valence-corrected chi connectivity index (χ2v) is 7.37. The summed E-state index contributed by atoms with van der Waals surface area (Å²) in [6.07, 6.45) is -0.207. The minimum Gasteiger partial charge on any atom is -0.465 e. The van der Waals surface area contributed by atoms with E-state index in [1.54, 1.807) is 7.11 Å². The Morgan fingerprint density at radius 2 is 2.28 bits per heavy atom. The number of carboxylic acid groups (broad SMARTS) is 1. The zero-order valence-electron chi connectivity index (χ0n) is 13.7. The highest BCUT2D eigenvalue weighted by molar-refractivity contribution is 9.10. The Kier molecular flexibility index (Phi) is 4.13. The van der Waals surface area contributed by atoms with Gasteiger partial charge in [0.15, 0.2) is 0 Å². The lowest BCUT2D eigenvalue weighted by Crippen LogP contribution is -2.30. The quantitative estimate of drug-likeness (QED) is 0.687. The van der Waals surface area contributed by atoms with E-state index in [0.717, 1.165) is 26.3 Å². The molecular weight excluding hydrogens is 386 g/mol. The van der Waals surface area contributed by atoms with E-state index in [1.807, 2.05) is 24.3 Å². The number of carbonyl (C=O) groups is 1. The molecule has 2 unspecified atom stereocenters. The number of hydrogen-bond donors (Lipinski definition) is 2. The number of likely N-dealkylation sites (tertiary alicyclic amines) is 1. The van der Waals surface area contributed by atoms with E-state index in [-0.39, 0.29) is 12.0 Å². The lowest BCUT2D eigenvalue weighted by Gasteiger charge is -2.19. The Balaban J connectivity index is 1.78. The van der Waals surface area contributed by atoms with Crippen LogP contribution in [0, 0.1) is 5.92 Å². The van der Waals surface area contributed by atoms with Crippen molar-refractivity contribution >= 4 is 43.8 Å². The number of imidazole rings is 1. The van der Waals surface area contributed by atoms with Gasteiger partial charge in [0.25, 0.3) is 0 Å². The highest BCUT2D eigenvalue weighted by Gasteiger charge is 2.38. The largest absolute Gasteiger partial charge is 0.465 e. The molecule has 2 heterocycles. The fourth-order valence-corrected chi connectivity index (χ4v) is 4.09. The van der Waals surface area contributed by atoms with Crippen molar-refractivity contribution in [2.24, 2.45) is 5.92 Å². The topological polar surface area (TPSA) is 78.5 Å². The van der Waals surface area contributed by atoms with Crippen LogP contribution >= 0.6 is 15.9 Å². The van der Waals surface area contributed by atoms with E-state index >= 15 is 0 Å². The number of ether oxygens (including phenoxy) is 1. The first-order valence-corrected chi connectivity index (χ1v) is 8.92. The number of aromatic nitrogens is 2. The maximum atomic E-state index is 11.6. The predicted molar refractivity (Wildman–Crippen MR) is 98.8 cm³/mol. The smallest absolute Gasteiger partial charge is 0.407 e. The molecule has 1 amide bonds. The number of methoxy groups -OCH3 is 1. The molecular formula is C18H18BrN3O3. The lowest BCUT2D eigenvalue weighted by molar-refractivity contribution is 0.131. The molecule has 6 nitrogen and oxygen atoms in total. The predicted octanol–water partition coefficient (Wildman–Crippen LogP) is 4.17. The number of fused-ring (bicyclic) bond motifs is 3. The van der Waals surface area contributed by atoms with Gasteiger partial charge in [-0.05, 0) is 30.0 Å². The summed E-state index contributed by atoms with van der Waals surface area (Å²) in [5, 5.41) is 11.7. The van der Waals surface area contributed by atoms with E-state index in [9.17, 15) is 9.90 Å². The molecule has 1 fully saturated rings. The third-order valence-corrected chi connectivity index (χ3v) is 5.30. The highest BCUT2D eigenvalue weighted by Crippen LogP contribution is 2.36. The fourth-order valence-electron chi connectivity index (χ4n) is 3.71. The molecule has 0 saturated carbocycles. The summed E-state index contributed by atoms with van der Waals surface area (Å²) in [5.74, 6) is 0.887. The van der Waals surface area contributed by atoms with Crippen LogP contribution in [0.15, 0.2) is 34.8 Å². The van der Waals surface area contributed by atoms with Crippen LogP contribution < -0.4 is 0 Å². The Bertz CT molecular complexity index is 955. The molecule has 1 saturated heterocycles. The van der Waals surface area contributed by atoms with Crippen molar-refractivity contribution in [3.8, 4) is 0 Å². The Labute approximate surface area is 152 Å². The summed E-state index contributed by atoms with van der Waals surface area (Å²) >= 11 is 3.49. The van der Waals surface area contributed by atoms with Gasteiger partial charge >= 0.3 is 6.09 Å². The molecule has 2 N–H and O–H groups in total. The van der Waals surface area contributed by atoms with E-state index in [0.29, 0.717) is 25.4 Å². The zero-order chi connectivity index (χ0) is 17.6.